The van der Waals surface area contributed by atoms with Gasteiger partial charge in [0.1, 0.15) is 16.6 Å². The van der Waals surface area contributed by atoms with Crippen LogP contribution >= 0.6 is 11.8 Å². The third-order valence-corrected chi connectivity index (χ3v) is 6.46. The lowest BCUT2D eigenvalue weighted by atomic mass is 10.2. The van der Waals surface area contributed by atoms with Gasteiger partial charge in [-0.15, -0.1) is 0 Å². The smallest absolute Gasteiger partial charge is 0.237 e. The first-order valence-corrected chi connectivity index (χ1v) is 11.6. The van der Waals surface area contributed by atoms with E-state index in [0.717, 1.165) is 53.6 Å². The van der Waals surface area contributed by atoms with Crippen LogP contribution in [0.25, 0.3) is 10.9 Å². The molecule has 2 aromatic carbocycles. The number of nitrogens with one attached hydrogen (secondary N) is 1. The highest BCUT2D eigenvalue weighted by Crippen LogP contribution is 2.31. The summed E-state index contributed by atoms with van der Waals surface area (Å²) in [6.45, 7) is 7.75. The number of para-hydroxylation sites is 1. The summed E-state index contributed by atoms with van der Waals surface area (Å²) in [6, 6.07) is 13.7. The van der Waals surface area contributed by atoms with Crippen molar-refractivity contribution in [3.63, 3.8) is 0 Å². The molecule has 1 aliphatic rings. The maximum Gasteiger partial charge on any atom is 0.237 e. The fourth-order valence-electron chi connectivity index (χ4n) is 3.59. The van der Waals surface area contributed by atoms with E-state index in [1.807, 2.05) is 56.3 Å². The van der Waals surface area contributed by atoms with E-state index in [2.05, 4.69) is 10.2 Å². The van der Waals surface area contributed by atoms with Gasteiger partial charge in [-0.2, -0.15) is 0 Å². The number of rotatable bonds is 7. The van der Waals surface area contributed by atoms with Gasteiger partial charge in [0.05, 0.1) is 43.3 Å². The monoisotopic (exact) mass is 452 g/mol. The van der Waals surface area contributed by atoms with Gasteiger partial charge in [0.2, 0.25) is 5.91 Å². The van der Waals surface area contributed by atoms with E-state index in [1.165, 1.54) is 11.8 Å². The molecule has 0 radical (unpaired) electrons. The number of thioether (sulfide) groups is 1. The molecular formula is C24H28N4O3S. The molecule has 8 heteroatoms. The number of hydrogen-bond donors (Lipinski definition) is 1. The van der Waals surface area contributed by atoms with Crippen molar-refractivity contribution >= 4 is 34.3 Å². The molecule has 0 saturated carbocycles. The predicted octanol–water partition coefficient (Wildman–Crippen LogP) is 3.90. The second kappa shape index (κ2) is 10.3. The van der Waals surface area contributed by atoms with Crippen LogP contribution in [0.5, 0.6) is 5.75 Å². The van der Waals surface area contributed by atoms with Crippen LogP contribution in [0, 0.1) is 6.92 Å². The van der Waals surface area contributed by atoms with Gasteiger partial charge in [-0.05, 0) is 37.6 Å². The minimum atomic E-state index is -0.352. The zero-order chi connectivity index (χ0) is 22.5. The number of hydrogen-bond acceptors (Lipinski definition) is 7. The molecule has 1 atom stereocenters. The second-order valence-electron chi connectivity index (χ2n) is 7.80. The van der Waals surface area contributed by atoms with Crippen molar-refractivity contribution in [1.82, 2.24) is 14.9 Å². The third kappa shape index (κ3) is 5.38. The van der Waals surface area contributed by atoms with Crippen molar-refractivity contribution in [1.29, 1.82) is 0 Å². The molecule has 1 N–H and O–H groups in total. The second-order valence-corrected chi connectivity index (χ2v) is 9.13. The minimum absolute atomic E-state index is 0.101. The third-order valence-electron chi connectivity index (χ3n) is 5.35. The summed E-state index contributed by atoms with van der Waals surface area (Å²) in [5, 5.41) is 4.42. The lowest BCUT2D eigenvalue weighted by Crippen LogP contribution is -2.36. The van der Waals surface area contributed by atoms with Crippen LogP contribution in [-0.4, -0.2) is 59.4 Å². The number of benzene rings is 2. The molecule has 168 valence electrons. The van der Waals surface area contributed by atoms with Crippen molar-refractivity contribution in [3.05, 3.63) is 53.9 Å². The summed E-state index contributed by atoms with van der Waals surface area (Å²) in [7, 11) is 1.60. The SMILES string of the molecule is COc1ccc(C)cc1NC(=O)C(C)Sc1nc(CN2CCOCC2)nc2ccccc12. The van der Waals surface area contributed by atoms with Gasteiger partial charge < -0.3 is 14.8 Å². The van der Waals surface area contributed by atoms with Crippen LogP contribution in [0.2, 0.25) is 0 Å². The molecule has 1 aliphatic heterocycles. The van der Waals surface area contributed by atoms with E-state index in [-0.39, 0.29) is 11.2 Å². The Balaban J connectivity index is 1.54. The number of amides is 1. The van der Waals surface area contributed by atoms with Crippen LogP contribution in [0.4, 0.5) is 5.69 Å². The van der Waals surface area contributed by atoms with Gasteiger partial charge in [0.25, 0.3) is 0 Å². The van der Waals surface area contributed by atoms with Crippen LogP contribution < -0.4 is 10.1 Å². The maximum atomic E-state index is 13.0. The minimum Gasteiger partial charge on any atom is -0.495 e. The largest absolute Gasteiger partial charge is 0.495 e. The number of ether oxygens (including phenoxy) is 2. The first-order valence-electron chi connectivity index (χ1n) is 10.7. The summed E-state index contributed by atoms with van der Waals surface area (Å²) >= 11 is 1.45. The van der Waals surface area contributed by atoms with Crippen LogP contribution in [0.3, 0.4) is 0 Å². The summed E-state index contributed by atoms with van der Waals surface area (Å²) in [5.74, 6) is 1.30. The van der Waals surface area contributed by atoms with Gasteiger partial charge in [0, 0.05) is 18.5 Å². The van der Waals surface area contributed by atoms with Crippen LogP contribution in [0.1, 0.15) is 18.3 Å². The van der Waals surface area contributed by atoms with E-state index in [4.69, 9.17) is 19.4 Å². The summed E-state index contributed by atoms with van der Waals surface area (Å²) in [6.07, 6.45) is 0. The number of aryl methyl sites for hydroxylation is 1. The number of fused-ring (bicyclic) bond motifs is 1. The highest BCUT2D eigenvalue weighted by Gasteiger charge is 2.20. The van der Waals surface area contributed by atoms with Gasteiger partial charge in [-0.3, -0.25) is 9.69 Å². The number of morpholine rings is 1. The lowest BCUT2D eigenvalue weighted by molar-refractivity contribution is -0.115. The predicted molar refractivity (Wildman–Crippen MR) is 127 cm³/mol. The van der Waals surface area contributed by atoms with Gasteiger partial charge in [0.15, 0.2) is 0 Å². The highest BCUT2D eigenvalue weighted by atomic mass is 32.2. The zero-order valence-corrected chi connectivity index (χ0v) is 19.4. The quantitative estimate of drug-likeness (QED) is 0.430. The Morgan fingerprint density at radius 1 is 1.22 bits per heavy atom. The molecular weight excluding hydrogens is 424 g/mol. The summed E-state index contributed by atoms with van der Waals surface area (Å²) in [5.41, 5.74) is 2.61. The Kier molecular flexibility index (Phi) is 7.24. The Labute approximate surface area is 192 Å². The molecule has 0 aliphatic carbocycles. The molecule has 3 aromatic rings. The van der Waals surface area contributed by atoms with E-state index in [1.54, 1.807) is 7.11 Å². The average Bonchev–Trinajstić information content (AvgIpc) is 2.80. The number of nitrogens with zero attached hydrogens (tertiary/aromatic N) is 3. The van der Waals surface area contributed by atoms with Gasteiger partial charge >= 0.3 is 0 Å². The highest BCUT2D eigenvalue weighted by molar-refractivity contribution is 8.00. The van der Waals surface area contributed by atoms with E-state index in [9.17, 15) is 4.79 Å². The van der Waals surface area contributed by atoms with Crippen molar-refractivity contribution in [2.24, 2.45) is 0 Å². The molecule has 0 bridgehead atoms. The Morgan fingerprint density at radius 3 is 2.78 bits per heavy atom. The normalized spacial score (nSPS) is 15.5. The van der Waals surface area contributed by atoms with Crippen molar-refractivity contribution in [2.45, 2.75) is 30.7 Å². The van der Waals surface area contributed by atoms with Crippen molar-refractivity contribution in [3.8, 4) is 5.75 Å². The number of carbonyl (C=O) groups is 1. The number of aromatic nitrogens is 2. The Hall–Kier alpha value is -2.68. The Morgan fingerprint density at radius 2 is 2.00 bits per heavy atom. The van der Waals surface area contributed by atoms with Crippen LogP contribution in [-0.2, 0) is 16.1 Å². The molecule has 2 heterocycles. The first kappa shape index (κ1) is 22.5. The number of carbonyl (C=O) groups excluding carboxylic acids is 1. The molecule has 1 amide bonds. The van der Waals surface area contributed by atoms with E-state index >= 15 is 0 Å². The molecule has 1 unspecified atom stereocenters. The van der Waals surface area contributed by atoms with Gasteiger partial charge in [-0.1, -0.05) is 36.0 Å². The standard InChI is InChI=1S/C24H28N4O3S/c1-16-8-9-21(30-3)20(14-16)26-23(29)17(2)32-24-18-6-4-5-7-19(18)25-22(27-24)15-28-10-12-31-13-11-28/h4-9,14,17H,10-13,15H2,1-3H3,(H,26,29). The molecule has 32 heavy (non-hydrogen) atoms. The first-order chi connectivity index (χ1) is 15.5. The van der Waals surface area contributed by atoms with Gasteiger partial charge in [-0.25, -0.2) is 9.97 Å². The average molecular weight is 453 g/mol. The summed E-state index contributed by atoms with van der Waals surface area (Å²) < 4.78 is 10.8. The fraction of sp³-hybridized carbons (Fsp3) is 0.375. The fourth-order valence-corrected chi connectivity index (χ4v) is 4.55. The van der Waals surface area contributed by atoms with E-state index < -0.39 is 0 Å². The Bertz CT molecular complexity index is 1100. The van der Waals surface area contributed by atoms with Crippen molar-refractivity contribution in [2.75, 3.05) is 38.7 Å². The number of anilines is 1. The molecule has 7 nitrogen and oxygen atoms in total. The molecule has 1 saturated heterocycles. The molecule has 0 spiro atoms. The maximum absolute atomic E-state index is 13.0. The topological polar surface area (TPSA) is 76.6 Å². The molecule has 4 rings (SSSR count). The van der Waals surface area contributed by atoms with Crippen molar-refractivity contribution < 1.29 is 14.3 Å². The molecule has 1 fully saturated rings. The van der Waals surface area contributed by atoms with Crippen LogP contribution in [0.15, 0.2) is 47.5 Å². The lowest BCUT2D eigenvalue weighted by Gasteiger charge is -2.26. The summed E-state index contributed by atoms with van der Waals surface area (Å²) in [4.78, 5) is 24.9. The zero-order valence-electron chi connectivity index (χ0n) is 18.6. The molecule has 1 aromatic heterocycles. The van der Waals surface area contributed by atoms with E-state index in [0.29, 0.717) is 18.0 Å². The number of methoxy groups -OCH3 is 1.